The maximum absolute atomic E-state index is 9.82. The Morgan fingerprint density at radius 1 is 1.56 bits per heavy atom. The molecule has 0 radical (unpaired) electrons. The van der Waals surface area contributed by atoms with Crippen LogP contribution in [-0.4, -0.2) is 34.9 Å². The van der Waals surface area contributed by atoms with E-state index in [1.807, 2.05) is 6.07 Å². The molecular formula is C11H15N3O2. The number of aliphatic hydroxyl groups excluding tert-OH is 2. The van der Waals surface area contributed by atoms with Crippen LogP contribution in [0.4, 0.5) is 0 Å². The van der Waals surface area contributed by atoms with Crippen LogP contribution in [0.1, 0.15) is 23.8 Å². The minimum absolute atomic E-state index is 0.234. The predicted octanol–water partition coefficient (Wildman–Crippen LogP) is -0.0429. The first kappa shape index (κ1) is 12.6. The number of hydrogen-bond donors (Lipinski definition) is 3. The van der Waals surface area contributed by atoms with Crippen molar-refractivity contribution in [1.82, 2.24) is 10.3 Å². The Morgan fingerprint density at radius 2 is 2.31 bits per heavy atom. The first-order valence-corrected chi connectivity index (χ1v) is 5.05. The van der Waals surface area contributed by atoms with Gasteiger partial charge in [0.15, 0.2) is 0 Å². The Morgan fingerprint density at radius 3 is 2.94 bits per heavy atom. The zero-order valence-electron chi connectivity index (χ0n) is 9.09. The number of nitriles is 1. The van der Waals surface area contributed by atoms with Gasteiger partial charge in [-0.2, -0.15) is 5.26 Å². The lowest BCUT2D eigenvalue weighted by atomic mass is 10.0. The van der Waals surface area contributed by atoms with Crippen molar-refractivity contribution in [3.63, 3.8) is 0 Å². The molecule has 16 heavy (non-hydrogen) atoms. The van der Waals surface area contributed by atoms with E-state index >= 15 is 0 Å². The number of aromatic nitrogens is 1. The number of rotatable bonds is 5. The fourth-order valence-corrected chi connectivity index (χ4v) is 1.36. The van der Waals surface area contributed by atoms with E-state index in [1.54, 1.807) is 13.1 Å². The summed E-state index contributed by atoms with van der Waals surface area (Å²) >= 11 is 0. The minimum atomic E-state index is -0.983. The third kappa shape index (κ3) is 3.28. The standard InChI is InChI=1S/C11H15N3O2/c1-13-4-3-10(15)11(16)8-2-5-14-9(6-8)7-12/h2,5-6,10-11,13,15-16H,3-4H2,1H3. The topological polar surface area (TPSA) is 89.2 Å². The van der Waals surface area contributed by atoms with Gasteiger partial charge in [-0.3, -0.25) is 0 Å². The number of nitrogens with zero attached hydrogens (tertiary/aromatic N) is 2. The Bertz CT molecular complexity index is 376. The zero-order chi connectivity index (χ0) is 12.0. The van der Waals surface area contributed by atoms with Gasteiger partial charge in [-0.15, -0.1) is 0 Å². The van der Waals surface area contributed by atoms with E-state index < -0.39 is 12.2 Å². The Hall–Kier alpha value is -1.48. The van der Waals surface area contributed by atoms with Crippen molar-refractivity contribution < 1.29 is 10.2 Å². The van der Waals surface area contributed by atoms with Gasteiger partial charge in [-0.05, 0) is 37.7 Å². The highest BCUT2D eigenvalue weighted by Crippen LogP contribution is 2.18. The van der Waals surface area contributed by atoms with Crippen molar-refractivity contribution in [3.8, 4) is 6.07 Å². The molecule has 0 fully saturated rings. The molecule has 0 saturated carbocycles. The van der Waals surface area contributed by atoms with Crippen molar-refractivity contribution in [2.24, 2.45) is 0 Å². The van der Waals surface area contributed by atoms with Gasteiger partial charge in [-0.25, -0.2) is 4.98 Å². The molecule has 0 aliphatic carbocycles. The van der Waals surface area contributed by atoms with Crippen LogP contribution in [0.2, 0.25) is 0 Å². The summed E-state index contributed by atoms with van der Waals surface area (Å²) in [6.45, 7) is 0.619. The van der Waals surface area contributed by atoms with Crippen molar-refractivity contribution in [3.05, 3.63) is 29.6 Å². The monoisotopic (exact) mass is 221 g/mol. The minimum Gasteiger partial charge on any atom is -0.390 e. The lowest BCUT2D eigenvalue weighted by Gasteiger charge is -2.17. The lowest BCUT2D eigenvalue weighted by Crippen LogP contribution is -2.23. The van der Waals surface area contributed by atoms with Crippen LogP contribution in [0.25, 0.3) is 0 Å². The summed E-state index contributed by atoms with van der Waals surface area (Å²) in [4.78, 5) is 3.80. The average molecular weight is 221 g/mol. The Balaban J connectivity index is 2.71. The molecule has 1 heterocycles. The van der Waals surface area contributed by atoms with Crippen LogP contribution in [0.5, 0.6) is 0 Å². The van der Waals surface area contributed by atoms with E-state index in [2.05, 4.69) is 10.3 Å². The molecule has 0 aliphatic rings. The van der Waals surface area contributed by atoms with Gasteiger partial charge in [0.25, 0.3) is 0 Å². The summed E-state index contributed by atoms with van der Waals surface area (Å²) in [5.74, 6) is 0. The quantitative estimate of drug-likeness (QED) is 0.649. The summed E-state index contributed by atoms with van der Waals surface area (Å²) in [5.41, 5.74) is 0.743. The molecule has 0 saturated heterocycles. The van der Waals surface area contributed by atoms with Crippen molar-refractivity contribution in [2.75, 3.05) is 13.6 Å². The van der Waals surface area contributed by atoms with Gasteiger partial charge in [-0.1, -0.05) is 0 Å². The molecular weight excluding hydrogens is 206 g/mol. The van der Waals surface area contributed by atoms with Crippen LogP contribution < -0.4 is 5.32 Å². The van der Waals surface area contributed by atoms with Gasteiger partial charge < -0.3 is 15.5 Å². The van der Waals surface area contributed by atoms with Gasteiger partial charge in [0.05, 0.1) is 6.10 Å². The van der Waals surface area contributed by atoms with Gasteiger partial charge in [0.1, 0.15) is 17.9 Å². The highest BCUT2D eigenvalue weighted by Gasteiger charge is 2.18. The first-order valence-electron chi connectivity index (χ1n) is 5.05. The normalized spacial score (nSPS) is 14.1. The van der Waals surface area contributed by atoms with Gasteiger partial charge >= 0.3 is 0 Å². The first-order chi connectivity index (χ1) is 7.69. The van der Waals surface area contributed by atoms with E-state index in [1.165, 1.54) is 12.3 Å². The summed E-state index contributed by atoms with van der Waals surface area (Å²) in [7, 11) is 1.78. The molecule has 0 aliphatic heterocycles. The predicted molar refractivity (Wildman–Crippen MR) is 58.5 cm³/mol. The van der Waals surface area contributed by atoms with E-state index in [0.29, 0.717) is 18.5 Å². The van der Waals surface area contributed by atoms with E-state index in [9.17, 15) is 10.2 Å². The summed E-state index contributed by atoms with van der Waals surface area (Å²) in [6, 6.07) is 4.96. The summed E-state index contributed by atoms with van der Waals surface area (Å²) in [5, 5.41) is 31.0. The molecule has 5 heteroatoms. The van der Waals surface area contributed by atoms with E-state index in [4.69, 9.17) is 5.26 Å². The van der Waals surface area contributed by atoms with Crippen LogP contribution in [-0.2, 0) is 0 Å². The maximum atomic E-state index is 9.82. The molecule has 0 spiro atoms. The SMILES string of the molecule is CNCCC(O)C(O)c1ccnc(C#N)c1. The number of nitrogens with one attached hydrogen (secondary N) is 1. The van der Waals surface area contributed by atoms with Gasteiger partial charge in [0, 0.05) is 6.20 Å². The zero-order valence-corrected chi connectivity index (χ0v) is 9.09. The number of aliphatic hydroxyl groups is 2. The molecule has 2 atom stereocenters. The highest BCUT2D eigenvalue weighted by molar-refractivity contribution is 5.27. The third-order valence-corrected chi connectivity index (χ3v) is 2.29. The molecule has 2 unspecified atom stereocenters. The Kier molecular flexibility index (Phi) is 4.86. The second-order valence-electron chi connectivity index (χ2n) is 3.49. The smallest absolute Gasteiger partial charge is 0.140 e. The molecule has 1 aromatic rings. The second kappa shape index (κ2) is 6.18. The average Bonchev–Trinajstić information content (AvgIpc) is 2.35. The third-order valence-electron chi connectivity index (χ3n) is 2.29. The van der Waals surface area contributed by atoms with E-state index in [0.717, 1.165) is 0 Å². The summed E-state index contributed by atoms with van der Waals surface area (Å²) in [6.07, 6.45) is 0.0638. The van der Waals surface area contributed by atoms with E-state index in [-0.39, 0.29) is 5.69 Å². The number of pyridine rings is 1. The molecule has 1 rings (SSSR count). The molecule has 3 N–H and O–H groups in total. The van der Waals surface area contributed by atoms with Crippen LogP contribution >= 0.6 is 0 Å². The fraction of sp³-hybridized carbons (Fsp3) is 0.455. The van der Waals surface area contributed by atoms with Gasteiger partial charge in [0.2, 0.25) is 0 Å². The number of hydrogen-bond acceptors (Lipinski definition) is 5. The summed E-state index contributed by atoms with van der Waals surface area (Å²) < 4.78 is 0. The van der Waals surface area contributed by atoms with Crippen molar-refractivity contribution in [1.29, 1.82) is 5.26 Å². The maximum Gasteiger partial charge on any atom is 0.140 e. The largest absolute Gasteiger partial charge is 0.390 e. The van der Waals surface area contributed by atoms with Crippen molar-refractivity contribution >= 4 is 0 Å². The molecule has 0 aromatic carbocycles. The van der Waals surface area contributed by atoms with Crippen LogP contribution in [0.3, 0.4) is 0 Å². The van der Waals surface area contributed by atoms with Crippen LogP contribution in [0.15, 0.2) is 18.3 Å². The Labute approximate surface area is 94.4 Å². The highest BCUT2D eigenvalue weighted by atomic mass is 16.3. The fourth-order valence-electron chi connectivity index (χ4n) is 1.36. The molecule has 86 valence electrons. The second-order valence-corrected chi connectivity index (χ2v) is 3.49. The molecule has 5 nitrogen and oxygen atoms in total. The molecule has 1 aromatic heterocycles. The van der Waals surface area contributed by atoms with Crippen LogP contribution in [0, 0.1) is 11.3 Å². The molecule has 0 amide bonds. The lowest BCUT2D eigenvalue weighted by molar-refractivity contribution is 0.0140. The van der Waals surface area contributed by atoms with Crippen molar-refractivity contribution in [2.45, 2.75) is 18.6 Å². The molecule has 0 bridgehead atoms.